The molecule has 4 rings (SSSR count). The van der Waals surface area contributed by atoms with E-state index in [1.807, 2.05) is 30.3 Å². The van der Waals surface area contributed by atoms with Gasteiger partial charge < -0.3 is 16.0 Å². The van der Waals surface area contributed by atoms with E-state index in [4.69, 9.17) is 11.6 Å². The Morgan fingerprint density at radius 3 is 2.73 bits per heavy atom. The number of hydrogen-bond acceptors (Lipinski definition) is 5. The molecular weight excluding hydrogens is 442 g/mol. The molecule has 1 fully saturated rings. The minimum absolute atomic E-state index is 0.0835. The maximum Gasteiger partial charge on any atom is 0.319 e. The van der Waals surface area contributed by atoms with E-state index in [1.54, 1.807) is 29.2 Å². The number of anilines is 2. The molecule has 0 aliphatic carbocycles. The minimum Gasteiger partial charge on any atom is -0.336 e. The number of carbonyl (C=O) groups excluding carboxylic acids is 2. The lowest BCUT2D eigenvalue weighted by molar-refractivity contribution is -0.118. The highest BCUT2D eigenvalue weighted by molar-refractivity contribution is 6.31. The summed E-state index contributed by atoms with van der Waals surface area (Å²) in [6.07, 6.45) is 5.99. The van der Waals surface area contributed by atoms with Crippen LogP contribution in [0.4, 0.5) is 16.2 Å². The molecule has 1 unspecified atom stereocenters. The van der Waals surface area contributed by atoms with Crippen molar-refractivity contribution < 1.29 is 9.59 Å². The molecule has 172 valence electrons. The third-order valence-corrected chi connectivity index (χ3v) is 5.76. The Labute approximate surface area is 197 Å². The molecule has 0 radical (unpaired) electrons. The van der Waals surface area contributed by atoms with Crippen molar-refractivity contribution in [3.8, 4) is 5.69 Å². The minimum atomic E-state index is -0.257. The van der Waals surface area contributed by atoms with Crippen LogP contribution in [-0.2, 0) is 4.79 Å². The molecule has 2 aromatic carbocycles. The summed E-state index contributed by atoms with van der Waals surface area (Å²) < 4.78 is 1.57. The Bertz CT molecular complexity index is 1080. The Kier molecular flexibility index (Phi) is 7.54. The lowest BCUT2D eigenvalue weighted by Crippen LogP contribution is -2.49. The van der Waals surface area contributed by atoms with Crippen molar-refractivity contribution in [3.63, 3.8) is 0 Å². The number of carbonyl (C=O) groups is 2. The fourth-order valence-electron chi connectivity index (χ4n) is 3.92. The van der Waals surface area contributed by atoms with Crippen molar-refractivity contribution in [1.29, 1.82) is 0 Å². The van der Waals surface area contributed by atoms with Gasteiger partial charge in [0.2, 0.25) is 5.91 Å². The quantitative estimate of drug-likeness (QED) is 0.493. The fourth-order valence-corrected chi connectivity index (χ4v) is 4.09. The lowest BCUT2D eigenvalue weighted by atomic mass is 10.0. The highest BCUT2D eigenvalue weighted by Crippen LogP contribution is 2.24. The summed E-state index contributed by atoms with van der Waals surface area (Å²) in [5.74, 6) is -0.153. The van der Waals surface area contributed by atoms with E-state index >= 15 is 0 Å². The maximum absolute atomic E-state index is 12.9. The molecule has 3 N–H and O–H groups in total. The SMILES string of the molecule is O=C(CN1CCCCC1CNC(=O)Nc1ccccc1)Nc1cc(Cl)ccc1-n1cncn1. The van der Waals surface area contributed by atoms with Gasteiger partial charge in [-0.15, -0.1) is 0 Å². The number of nitrogens with one attached hydrogen (secondary N) is 3. The van der Waals surface area contributed by atoms with Crippen molar-refractivity contribution in [2.75, 3.05) is 30.3 Å². The molecule has 1 saturated heterocycles. The fraction of sp³-hybridized carbons (Fsp3) is 0.304. The number of urea groups is 1. The number of para-hydroxylation sites is 1. The zero-order valence-corrected chi connectivity index (χ0v) is 18.8. The molecule has 0 saturated carbocycles. The largest absolute Gasteiger partial charge is 0.336 e. The first-order valence-electron chi connectivity index (χ1n) is 10.9. The number of amides is 3. The Morgan fingerprint density at radius 1 is 1.09 bits per heavy atom. The van der Waals surface area contributed by atoms with Gasteiger partial charge in [0, 0.05) is 23.3 Å². The van der Waals surface area contributed by atoms with Crippen LogP contribution in [0, 0.1) is 0 Å². The number of benzene rings is 2. The van der Waals surface area contributed by atoms with Crippen molar-refractivity contribution in [2.45, 2.75) is 25.3 Å². The predicted octanol–water partition coefficient (Wildman–Crippen LogP) is 3.54. The van der Waals surface area contributed by atoms with Crippen molar-refractivity contribution >= 4 is 34.9 Å². The van der Waals surface area contributed by atoms with Crippen molar-refractivity contribution in [2.24, 2.45) is 0 Å². The molecular formula is C23H26ClN7O2. The van der Waals surface area contributed by atoms with Crippen LogP contribution < -0.4 is 16.0 Å². The van der Waals surface area contributed by atoms with E-state index in [9.17, 15) is 9.59 Å². The van der Waals surface area contributed by atoms with Crippen LogP contribution in [0.25, 0.3) is 5.69 Å². The summed E-state index contributed by atoms with van der Waals surface area (Å²) in [5, 5.41) is 13.4. The zero-order chi connectivity index (χ0) is 23.0. The van der Waals surface area contributed by atoms with Crippen LogP contribution in [0.5, 0.6) is 0 Å². The van der Waals surface area contributed by atoms with Crippen LogP contribution in [0.15, 0.2) is 61.2 Å². The van der Waals surface area contributed by atoms with E-state index in [0.29, 0.717) is 22.9 Å². The van der Waals surface area contributed by atoms with Crippen molar-refractivity contribution in [3.05, 3.63) is 66.2 Å². The molecule has 33 heavy (non-hydrogen) atoms. The first-order valence-corrected chi connectivity index (χ1v) is 11.2. The van der Waals surface area contributed by atoms with Gasteiger partial charge in [-0.1, -0.05) is 36.2 Å². The monoisotopic (exact) mass is 467 g/mol. The van der Waals surface area contributed by atoms with E-state index in [-0.39, 0.29) is 24.5 Å². The lowest BCUT2D eigenvalue weighted by Gasteiger charge is -2.35. The molecule has 10 heteroatoms. The summed E-state index contributed by atoms with van der Waals surface area (Å²) in [5.41, 5.74) is 1.98. The third kappa shape index (κ3) is 6.30. The van der Waals surface area contributed by atoms with Crippen LogP contribution in [0.2, 0.25) is 5.02 Å². The highest BCUT2D eigenvalue weighted by atomic mass is 35.5. The molecule has 1 aromatic heterocycles. The van der Waals surface area contributed by atoms with E-state index in [2.05, 4.69) is 30.9 Å². The van der Waals surface area contributed by atoms with Gasteiger partial charge in [-0.3, -0.25) is 9.69 Å². The standard InChI is InChI=1S/C23H26ClN7O2/c24-17-9-10-21(31-16-25-15-27-31)20(12-17)29-22(32)14-30-11-5-4-8-19(30)13-26-23(33)28-18-6-2-1-3-7-18/h1-3,6-7,9-10,12,15-16,19H,4-5,8,11,13-14H2,(H,29,32)(H2,26,28,33). The Morgan fingerprint density at radius 2 is 1.94 bits per heavy atom. The summed E-state index contributed by atoms with van der Waals surface area (Å²) in [6.45, 7) is 1.48. The van der Waals surface area contributed by atoms with Crippen LogP contribution in [-0.4, -0.2) is 57.3 Å². The number of likely N-dealkylation sites (tertiary alicyclic amines) is 1. The molecule has 2 heterocycles. The van der Waals surface area contributed by atoms with Crippen LogP contribution in [0.3, 0.4) is 0 Å². The van der Waals surface area contributed by atoms with E-state index in [0.717, 1.165) is 31.5 Å². The van der Waals surface area contributed by atoms with E-state index < -0.39 is 0 Å². The van der Waals surface area contributed by atoms with Gasteiger partial charge in [0.05, 0.1) is 17.9 Å². The molecule has 3 aromatic rings. The number of aromatic nitrogens is 3. The van der Waals surface area contributed by atoms with Gasteiger partial charge in [-0.2, -0.15) is 5.10 Å². The van der Waals surface area contributed by atoms with E-state index in [1.165, 1.54) is 6.33 Å². The first-order chi connectivity index (χ1) is 16.1. The summed E-state index contributed by atoms with van der Waals surface area (Å²) in [6, 6.07) is 14.3. The van der Waals surface area contributed by atoms with Gasteiger partial charge in [0.15, 0.2) is 0 Å². The molecule has 1 atom stereocenters. The number of piperidine rings is 1. The molecule has 1 aliphatic rings. The molecule has 3 amide bonds. The molecule has 0 bridgehead atoms. The Balaban J connectivity index is 1.35. The third-order valence-electron chi connectivity index (χ3n) is 5.52. The number of rotatable bonds is 7. The molecule has 9 nitrogen and oxygen atoms in total. The molecule has 1 aliphatic heterocycles. The second-order valence-corrected chi connectivity index (χ2v) is 8.31. The molecule has 0 spiro atoms. The summed E-state index contributed by atoms with van der Waals surface area (Å²) in [7, 11) is 0. The number of nitrogens with zero attached hydrogens (tertiary/aromatic N) is 4. The van der Waals surface area contributed by atoms with Gasteiger partial charge in [-0.25, -0.2) is 14.5 Å². The van der Waals surface area contributed by atoms with Gasteiger partial charge in [0.25, 0.3) is 0 Å². The van der Waals surface area contributed by atoms with Gasteiger partial charge in [-0.05, 0) is 49.7 Å². The smallest absolute Gasteiger partial charge is 0.319 e. The van der Waals surface area contributed by atoms with Gasteiger partial charge in [0.1, 0.15) is 12.7 Å². The predicted molar refractivity (Wildman–Crippen MR) is 128 cm³/mol. The normalized spacial score (nSPS) is 16.2. The maximum atomic E-state index is 12.9. The van der Waals surface area contributed by atoms with Gasteiger partial charge >= 0.3 is 6.03 Å². The average Bonchev–Trinajstić information content (AvgIpc) is 3.34. The second-order valence-electron chi connectivity index (χ2n) is 7.87. The Hall–Kier alpha value is -3.43. The van der Waals surface area contributed by atoms with Crippen molar-refractivity contribution in [1.82, 2.24) is 25.0 Å². The summed E-state index contributed by atoms with van der Waals surface area (Å²) >= 11 is 6.15. The average molecular weight is 468 g/mol. The zero-order valence-electron chi connectivity index (χ0n) is 18.1. The summed E-state index contributed by atoms with van der Waals surface area (Å²) in [4.78, 5) is 31.2. The van der Waals surface area contributed by atoms with Crippen LogP contribution >= 0.6 is 11.6 Å². The second kappa shape index (κ2) is 10.9. The first kappa shape index (κ1) is 22.8. The highest BCUT2D eigenvalue weighted by Gasteiger charge is 2.25. The topological polar surface area (TPSA) is 104 Å². The number of hydrogen-bond donors (Lipinski definition) is 3. The van der Waals surface area contributed by atoms with Crippen LogP contribution in [0.1, 0.15) is 19.3 Å². The number of halogens is 1.